The smallest absolute Gasteiger partial charge is 0.208 e. The highest BCUT2D eigenvalue weighted by atomic mass is 32.2. The van der Waals surface area contributed by atoms with E-state index in [1.165, 1.54) is 0 Å². The zero-order valence-corrected chi connectivity index (χ0v) is 6.77. The van der Waals surface area contributed by atoms with E-state index in [0.717, 1.165) is 6.26 Å². The number of sulfonamides is 1. The van der Waals surface area contributed by atoms with Gasteiger partial charge in [-0.2, -0.15) is 0 Å². The molecule has 0 spiro atoms. The largest absolute Gasteiger partial charge is 0.215 e. The van der Waals surface area contributed by atoms with Gasteiger partial charge in [0.25, 0.3) is 0 Å². The van der Waals surface area contributed by atoms with Gasteiger partial charge in [-0.3, -0.25) is 0 Å². The molecule has 10 heavy (non-hydrogen) atoms. The SMILES string of the molecule is C.[3H]N(CC(C)C)S(C)(=O)=O.[3H][3H]. The second-order valence-electron chi connectivity index (χ2n) is 2.44. The van der Waals surface area contributed by atoms with Crippen LogP contribution in [0.4, 0.5) is 0 Å². The standard InChI is InChI=1S/C5H13NO2S.CH4.H2/c1-5(2)4-6-9(3,7)8;;/h5-6H,4H2,1-3H3;1H4;1H/i;;1+2T/hT. The lowest BCUT2D eigenvalue weighted by Gasteiger charge is -2.03. The summed E-state index contributed by atoms with van der Waals surface area (Å²) in [5, 5.41) is 0. The third-order valence-electron chi connectivity index (χ3n) is 0.674. The summed E-state index contributed by atoms with van der Waals surface area (Å²) >= 11 is 0. The lowest BCUT2D eigenvalue weighted by molar-refractivity contribution is 0.565. The van der Waals surface area contributed by atoms with E-state index >= 15 is 0 Å². The molecule has 0 saturated carbocycles. The molecular formula is C6H19NO2S. The molecule has 0 aliphatic heterocycles. The topological polar surface area (TPSA) is 46.2 Å². The van der Waals surface area contributed by atoms with Gasteiger partial charge >= 0.3 is 0 Å². The summed E-state index contributed by atoms with van der Waals surface area (Å²) in [4.78, 5) is 0. The third kappa shape index (κ3) is 10.8. The molecule has 0 aromatic carbocycles. The van der Waals surface area contributed by atoms with Crippen molar-refractivity contribution in [3.63, 3.8) is 0 Å². The summed E-state index contributed by atoms with van der Waals surface area (Å²) in [6, 6.07) is 0. The van der Waals surface area contributed by atoms with Crippen molar-refractivity contribution in [1.82, 2.24) is 4.72 Å². The van der Waals surface area contributed by atoms with Gasteiger partial charge in [-0.15, -0.1) is 0 Å². The van der Waals surface area contributed by atoms with Gasteiger partial charge < -0.3 is 0 Å². The van der Waals surface area contributed by atoms with Crippen LogP contribution < -0.4 is 4.72 Å². The van der Waals surface area contributed by atoms with Crippen LogP contribution in [0, 0.1) is 5.92 Å². The average molecular weight is 175 g/mol. The van der Waals surface area contributed by atoms with Crippen molar-refractivity contribution >= 4 is 10.0 Å². The minimum absolute atomic E-state index is 0. The Balaban J connectivity index is -0.000000309. The molecule has 0 amide bonds. The summed E-state index contributed by atoms with van der Waals surface area (Å²) in [6.07, 6.45) is 1.03. The summed E-state index contributed by atoms with van der Waals surface area (Å²) in [5.74, 6) is 0.201. The molecule has 0 aliphatic carbocycles. The van der Waals surface area contributed by atoms with Gasteiger partial charge in [0.2, 0.25) is 10.0 Å². The Morgan fingerprint density at radius 3 is 2.30 bits per heavy atom. The van der Waals surface area contributed by atoms with Gasteiger partial charge in [0, 0.05) is 9.51 Å². The van der Waals surface area contributed by atoms with E-state index in [9.17, 15) is 8.42 Å². The molecule has 0 unspecified atom stereocenters. The molecular weight excluding hydrogens is 150 g/mol. The summed E-state index contributed by atoms with van der Waals surface area (Å²) < 4.78 is 38.8. The van der Waals surface area contributed by atoms with Crippen LogP contribution in [0.1, 0.15) is 24.2 Å². The van der Waals surface area contributed by atoms with E-state index in [1.54, 1.807) is 0 Å². The summed E-state index contributed by atoms with van der Waals surface area (Å²) in [6.45, 7) is 4.00. The second-order valence-corrected chi connectivity index (χ2v) is 4.16. The van der Waals surface area contributed by atoms with E-state index in [-0.39, 0.29) is 19.9 Å². The van der Waals surface area contributed by atoms with E-state index in [2.05, 4.69) is 0 Å². The Morgan fingerprint density at radius 2 is 2.20 bits per heavy atom. The molecule has 0 atom stereocenters. The Labute approximate surface area is 68.4 Å². The normalized spacial score (nSPS) is 13.9. The maximum absolute atomic E-state index is 10.6. The zero-order valence-electron chi connectivity index (χ0n) is 8.96. The Kier molecular flexibility index (Phi) is 3.75. The van der Waals surface area contributed by atoms with Crippen molar-refractivity contribution in [3.05, 3.63) is 0 Å². The van der Waals surface area contributed by atoms with E-state index in [1.807, 2.05) is 13.8 Å². The van der Waals surface area contributed by atoms with Crippen molar-refractivity contribution in [1.29, 1.82) is 0 Å². The van der Waals surface area contributed by atoms with Gasteiger partial charge in [-0.05, 0) is 5.92 Å². The Hall–Kier alpha value is -0.0900. The molecule has 0 aliphatic rings. The molecule has 0 aromatic heterocycles. The first-order valence-electron chi connectivity index (χ1n) is 4.25. The molecule has 4 heteroatoms. The van der Waals surface area contributed by atoms with Crippen LogP contribution in [0.5, 0.6) is 0 Å². The summed E-state index contributed by atoms with van der Waals surface area (Å²) in [7, 11) is -3.30. The van der Waals surface area contributed by atoms with E-state index in [4.69, 9.17) is 4.38 Å². The first-order chi connectivity index (χ1) is 5.34. The molecule has 0 heterocycles. The molecule has 3 nitrogen and oxygen atoms in total. The van der Waals surface area contributed by atoms with E-state index in [0.29, 0.717) is 4.72 Å². The molecule has 0 bridgehead atoms. The highest BCUT2D eigenvalue weighted by Gasteiger charge is 2.00. The van der Waals surface area contributed by atoms with Gasteiger partial charge in [-0.1, -0.05) is 21.3 Å². The first kappa shape index (κ1) is 8.01. The van der Waals surface area contributed by atoms with Crippen LogP contribution in [0.15, 0.2) is 0 Å². The van der Waals surface area contributed by atoms with Gasteiger partial charge in [0.1, 0.15) is 1.41 Å². The van der Waals surface area contributed by atoms with Crippen LogP contribution in [0.2, 0.25) is 1.41 Å². The first-order valence-corrected chi connectivity index (χ1v) is 4.65. The minimum atomic E-state index is -3.30. The number of hydrogen-bond acceptors (Lipinski definition) is 2. The fourth-order valence-electron chi connectivity index (χ4n) is 0.284. The number of nitrogens with one attached hydrogen (secondary N) is 1. The van der Waals surface area contributed by atoms with Crippen LogP contribution in [-0.2, 0) is 10.0 Å². The molecule has 66 valence electrons. The van der Waals surface area contributed by atoms with E-state index < -0.39 is 10.0 Å². The fraction of sp³-hybridized carbons (Fsp3) is 1.00. The quantitative estimate of drug-likeness (QED) is 0.697. The van der Waals surface area contributed by atoms with Crippen LogP contribution in [0.25, 0.3) is 0 Å². The van der Waals surface area contributed by atoms with Crippen LogP contribution >= 0.6 is 0 Å². The fourth-order valence-corrected chi connectivity index (χ4v) is 0.853. The minimum Gasteiger partial charge on any atom is -0.215 e. The third-order valence-corrected chi connectivity index (χ3v) is 1.29. The Bertz CT molecular complexity index is 194. The lowest BCUT2D eigenvalue weighted by atomic mass is 10.2. The van der Waals surface area contributed by atoms with Gasteiger partial charge in [-0.25, -0.2) is 13.1 Å². The molecule has 0 radical (unpaired) electrons. The highest BCUT2D eigenvalue weighted by Crippen LogP contribution is 1.87. The van der Waals surface area contributed by atoms with Crippen molar-refractivity contribution in [3.8, 4) is 0 Å². The lowest BCUT2D eigenvalue weighted by Crippen LogP contribution is -2.25. The molecule has 0 saturated heterocycles. The zero-order chi connectivity index (χ0) is 10.4. The predicted molar refractivity (Wildman–Crippen MR) is 46.5 cm³/mol. The maximum atomic E-state index is 10.6. The van der Waals surface area contributed by atoms with Crippen LogP contribution in [-0.4, -0.2) is 21.2 Å². The Morgan fingerprint density at radius 1 is 1.80 bits per heavy atom. The van der Waals surface area contributed by atoms with Gasteiger partial charge in [0.05, 0.1) is 6.26 Å². The second kappa shape index (κ2) is 4.68. The molecule has 0 aromatic rings. The van der Waals surface area contributed by atoms with Crippen molar-refractivity contribution in [2.24, 2.45) is 5.92 Å². The van der Waals surface area contributed by atoms with Gasteiger partial charge in [0.15, 0.2) is 0 Å². The van der Waals surface area contributed by atoms with Crippen molar-refractivity contribution in [2.75, 3.05) is 12.8 Å². The van der Waals surface area contributed by atoms with Crippen molar-refractivity contribution in [2.45, 2.75) is 21.3 Å². The molecule has 0 fully saturated rings. The molecule has 0 rings (SSSR count). The maximum Gasteiger partial charge on any atom is 0.208 e. The summed E-state index contributed by atoms with van der Waals surface area (Å²) in [5.41, 5.74) is 0. The average Bonchev–Trinajstić information content (AvgIpc) is 1.88. The number of rotatable bonds is 3. The molecule has 1 N–H and O–H groups in total. The van der Waals surface area contributed by atoms with Crippen LogP contribution in [0.3, 0.4) is 0 Å². The monoisotopic (exact) mass is 175 g/mol. The highest BCUT2D eigenvalue weighted by molar-refractivity contribution is 7.88. The predicted octanol–water partition coefficient (Wildman–Crippen LogP) is 1.07. The number of hydrogen-bond donors (Lipinski definition) is 1. The van der Waals surface area contributed by atoms with Crippen molar-refractivity contribution < 1.29 is 12.8 Å².